The standard InChI is InChI=1S/C26H40O2/c1-6-17(2)20-7-9-23(10-8-20)27-24(16-26(3,4)5)28-25-21-12-18-11-19(14-21)15-22(25)13-18/h7-10,17-19,21-22,24-25H,6,11-16H2,1-5H3. The molecule has 2 atom stereocenters. The predicted octanol–water partition coefficient (Wildman–Crippen LogP) is 7.18. The van der Waals surface area contributed by atoms with Gasteiger partial charge in [0.1, 0.15) is 5.75 Å². The van der Waals surface area contributed by atoms with Crippen molar-refractivity contribution in [3.05, 3.63) is 29.8 Å². The van der Waals surface area contributed by atoms with E-state index in [0.717, 1.165) is 35.8 Å². The Hall–Kier alpha value is -1.02. The summed E-state index contributed by atoms with van der Waals surface area (Å²) < 4.78 is 13.2. The van der Waals surface area contributed by atoms with Crippen molar-refractivity contribution < 1.29 is 9.47 Å². The van der Waals surface area contributed by atoms with Crippen LogP contribution in [0.3, 0.4) is 0 Å². The van der Waals surface area contributed by atoms with Gasteiger partial charge in [-0.1, -0.05) is 46.8 Å². The summed E-state index contributed by atoms with van der Waals surface area (Å²) in [7, 11) is 0. The van der Waals surface area contributed by atoms with Gasteiger partial charge in [0.2, 0.25) is 6.29 Å². The van der Waals surface area contributed by atoms with Crippen LogP contribution in [0.5, 0.6) is 5.75 Å². The summed E-state index contributed by atoms with van der Waals surface area (Å²) in [6.07, 6.45) is 9.44. The fraction of sp³-hybridized carbons (Fsp3) is 0.769. The van der Waals surface area contributed by atoms with Gasteiger partial charge >= 0.3 is 0 Å². The van der Waals surface area contributed by atoms with E-state index >= 15 is 0 Å². The predicted molar refractivity (Wildman–Crippen MR) is 116 cm³/mol. The molecule has 0 aromatic heterocycles. The van der Waals surface area contributed by atoms with Crippen LogP contribution in [0.4, 0.5) is 0 Å². The highest BCUT2D eigenvalue weighted by Crippen LogP contribution is 2.55. The molecule has 0 aliphatic heterocycles. The maximum Gasteiger partial charge on any atom is 0.200 e. The lowest BCUT2D eigenvalue weighted by Crippen LogP contribution is -2.51. The second-order valence-electron chi connectivity index (χ2n) is 11.2. The third kappa shape index (κ3) is 4.58. The van der Waals surface area contributed by atoms with E-state index in [2.05, 4.69) is 58.9 Å². The van der Waals surface area contributed by atoms with Crippen molar-refractivity contribution in [2.45, 2.75) is 97.9 Å². The SMILES string of the molecule is CCC(C)c1ccc(OC(CC(C)(C)C)OC2C3CC4CC(C3)CC2C4)cc1. The topological polar surface area (TPSA) is 18.5 Å². The number of rotatable bonds is 7. The molecule has 2 nitrogen and oxygen atoms in total. The lowest BCUT2D eigenvalue weighted by molar-refractivity contribution is -0.205. The molecule has 0 heterocycles. The molecule has 0 N–H and O–H groups in total. The molecule has 4 bridgehead atoms. The Morgan fingerprint density at radius 2 is 1.50 bits per heavy atom. The maximum atomic E-state index is 6.78. The largest absolute Gasteiger partial charge is 0.465 e. The molecule has 1 aromatic carbocycles. The fourth-order valence-electron chi connectivity index (χ4n) is 6.15. The second-order valence-corrected chi connectivity index (χ2v) is 11.2. The molecule has 4 aliphatic carbocycles. The van der Waals surface area contributed by atoms with Crippen LogP contribution < -0.4 is 4.74 Å². The van der Waals surface area contributed by atoms with Crippen LogP contribution in [0, 0.1) is 29.1 Å². The van der Waals surface area contributed by atoms with Crippen LogP contribution in [0.2, 0.25) is 0 Å². The number of benzene rings is 1. The molecule has 0 saturated heterocycles. The van der Waals surface area contributed by atoms with Gasteiger partial charge in [-0.2, -0.15) is 0 Å². The van der Waals surface area contributed by atoms with Gasteiger partial charge in [-0.25, -0.2) is 0 Å². The highest BCUT2D eigenvalue weighted by atomic mass is 16.7. The summed E-state index contributed by atoms with van der Waals surface area (Å²) in [4.78, 5) is 0. The van der Waals surface area contributed by atoms with Crippen molar-refractivity contribution in [1.82, 2.24) is 0 Å². The Morgan fingerprint density at radius 3 is 2.00 bits per heavy atom. The van der Waals surface area contributed by atoms with Crippen molar-refractivity contribution >= 4 is 0 Å². The maximum absolute atomic E-state index is 6.78. The third-order valence-electron chi connectivity index (χ3n) is 7.56. The average molecular weight is 385 g/mol. The molecular weight excluding hydrogens is 344 g/mol. The molecule has 2 heteroatoms. The van der Waals surface area contributed by atoms with E-state index in [1.165, 1.54) is 44.1 Å². The smallest absolute Gasteiger partial charge is 0.200 e. The van der Waals surface area contributed by atoms with Crippen molar-refractivity contribution in [1.29, 1.82) is 0 Å². The summed E-state index contributed by atoms with van der Waals surface area (Å²) in [5.41, 5.74) is 1.58. The second kappa shape index (κ2) is 8.01. The van der Waals surface area contributed by atoms with E-state index in [4.69, 9.17) is 9.47 Å². The minimum absolute atomic E-state index is 0.142. The first kappa shape index (κ1) is 20.3. The Balaban J connectivity index is 1.45. The van der Waals surface area contributed by atoms with E-state index in [1.807, 2.05) is 0 Å². The van der Waals surface area contributed by atoms with Crippen LogP contribution in [-0.2, 0) is 4.74 Å². The number of hydrogen-bond donors (Lipinski definition) is 0. The van der Waals surface area contributed by atoms with Gasteiger partial charge in [0.25, 0.3) is 0 Å². The van der Waals surface area contributed by atoms with Crippen LogP contribution in [0.15, 0.2) is 24.3 Å². The van der Waals surface area contributed by atoms with Crippen molar-refractivity contribution in [3.63, 3.8) is 0 Å². The molecule has 1 aromatic rings. The van der Waals surface area contributed by atoms with E-state index in [1.54, 1.807) is 0 Å². The molecule has 0 amide bonds. The minimum atomic E-state index is -0.142. The zero-order chi connectivity index (χ0) is 19.9. The molecule has 156 valence electrons. The Labute approximate surface area is 172 Å². The highest BCUT2D eigenvalue weighted by molar-refractivity contribution is 5.29. The Morgan fingerprint density at radius 1 is 0.929 bits per heavy atom. The van der Waals surface area contributed by atoms with Gasteiger partial charge in [-0.15, -0.1) is 0 Å². The van der Waals surface area contributed by atoms with Gasteiger partial charge < -0.3 is 9.47 Å². The summed E-state index contributed by atoms with van der Waals surface area (Å²) in [6.45, 7) is 11.4. The first-order chi connectivity index (χ1) is 13.3. The van der Waals surface area contributed by atoms with Gasteiger partial charge in [0, 0.05) is 6.42 Å². The molecule has 0 spiro atoms. The summed E-state index contributed by atoms with van der Waals surface area (Å²) in [5.74, 6) is 5.06. The highest BCUT2D eigenvalue weighted by Gasteiger charge is 2.49. The molecule has 4 saturated carbocycles. The first-order valence-electron chi connectivity index (χ1n) is 11.7. The molecular formula is C26H40O2. The van der Waals surface area contributed by atoms with E-state index < -0.39 is 0 Å². The Kier molecular flexibility index (Phi) is 5.80. The molecule has 4 fully saturated rings. The number of hydrogen-bond acceptors (Lipinski definition) is 2. The summed E-state index contributed by atoms with van der Waals surface area (Å²) >= 11 is 0. The molecule has 0 radical (unpaired) electrons. The van der Waals surface area contributed by atoms with Crippen LogP contribution in [0.25, 0.3) is 0 Å². The molecule has 28 heavy (non-hydrogen) atoms. The Bertz CT molecular complexity index is 613. The average Bonchev–Trinajstić information content (AvgIpc) is 2.62. The van der Waals surface area contributed by atoms with Gasteiger partial charge in [0.05, 0.1) is 6.10 Å². The first-order valence-corrected chi connectivity index (χ1v) is 11.7. The van der Waals surface area contributed by atoms with Gasteiger partial charge in [-0.3, -0.25) is 0 Å². The molecule has 2 unspecified atom stereocenters. The zero-order valence-corrected chi connectivity index (χ0v) is 18.6. The van der Waals surface area contributed by atoms with Crippen LogP contribution in [-0.4, -0.2) is 12.4 Å². The van der Waals surface area contributed by atoms with E-state index in [0.29, 0.717) is 12.0 Å². The van der Waals surface area contributed by atoms with E-state index in [9.17, 15) is 0 Å². The summed E-state index contributed by atoms with van der Waals surface area (Å²) in [5, 5.41) is 0. The molecule has 5 rings (SSSR count). The van der Waals surface area contributed by atoms with Crippen molar-refractivity contribution in [2.75, 3.05) is 0 Å². The van der Waals surface area contributed by atoms with Crippen molar-refractivity contribution in [3.8, 4) is 5.75 Å². The number of ether oxygens (including phenoxy) is 2. The lowest BCUT2D eigenvalue weighted by atomic mass is 9.55. The van der Waals surface area contributed by atoms with Gasteiger partial charge in [-0.05, 0) is 91.2 Å². The minimum Gasteiger partial charge on any atom is -0.465 e. The molecule has 4 aliphatic rings. The van der Waals surface area contributed by atoms with E-state index in [-0.39, 0.29) is 11.7 Å². The summed E-state index contributed by atoms with van der Waals surface area (Å²) in [6, 6.07) is 8.72. The normalized spacial score (nSPS) is 33.7. The van der Waals surface area contributed by atoms with Crippen LogP contribution >= 0.6 is 0 Å². The third-order valence-corrected chi connectivity index (χ3v) is 7.56. The monoisotopic (exact) mass is 384 g/mol. The zero-order valence-electron chi connectivity index (χ0n) is 18.6. The quantitative estimate of drug-likeness (QED) is 0.463. The fourth-order valence-corrected chi connectivity index (χ4v) is 6.15. The van der Waals surface area contributed by atoms with Crippen LogP contribution in [0.1, 0.15) is 91.0 Å². The van der Waals surface area contributed by atoms with Gasteiger partial charge in [0.15, 0.2) is 0 Å². The van der Waals surface area contributed by atoms with Crippen molar-refractivity contribution in [2.24, 2.45) is 29.1 Å². The lowest BCUT2D eigenvalue weighted by Gasteiger charge is -2.54.